The van der Waals surface area contributed by atoms with E-state index in [0.29, 0.717) is 5.92 Å². The molecule has 104 valence electrons. The van der Waals surface area contributed by atoms with E-state index < -0.39 is 0 Å². The molecule has 2 atom stereocenters. The number of piperidine rings is 1. The van der Waals surface area contributed by atoms with Crippen LogP contribution in [0.5, 0.6) is 0 Å². The maximum atomic E-state index is 12.4. The molecule has 20 heavy (non-hydrogen) atoms. The molecule has 2 aromatic rings. The number of pyridine rings is 1. The summed E-state index contributed by atoms with van der Waals surface area (Å²) in [5.74, 6) is 0.432. The number of fused-ring (bicyclic) bond motifs is 1. The highest BCUT2D eigenvalue weighted by Crippen LogP contribution is 2.23. The van der Waals surface area contributed by atoms with Crippen molar-refractivity contribution in [1.82, 2.24) is 10.3 Å². The summed E-state index contributed by atoms with van der Waals surface area (Å²) in [6.07, 6.45) is 5.81. The van der Waals surface area contributed by atoms with Gasteiger partial charge in [-0.2, -0.15) is 0 Å². The van der Waals surface area contributed by atoms with Crippen LogP contribution in [0.4, 0.5) is 5.69 Å². The van der Waals surface area contributed by atoms with E-state index in [0.717, 1.165) is 35.8 Å². The van der Waals surface area contributed by atoms with Crippen molar-refractivity contribution < 1.29 is 4.79 Å². The van der Waals surface area contributed by atoms with E-state index in [1.54, 1.807) is 6.20 Å². The standard InChI is InChI=1S/C16H19N3O/c1-11-4-3-8-18-15(11)16(20)19-14-6-2-5-12-10-17-9-7-13(12)14/h2,5-7,9-11,15,18H,3-4,8H2,1H3,(H,19,20). The molecule has 0 saturated carbocycles. The van der Waals surface area contributed by atoms with E-state index in [1.807, 2.05) is 30.5 Å². The van der Waals surface area contributed by atoms with Gasteiger partial charge in [0.25, 0.3) is 0 Å². The summed E-state index contributed by atoms with van der Waals surface area (Å²) < 4.78 is 0. The summed E-state index contributed by atoms with van der Waals surface area (Å²) >= 11 is 0. The molecule has 1 saturated heterocycles. The van der Waals surface area contributed by atoms with Crippen molar-refractivity contribution in [2.45, 2.75) is 25.8 Å². The number of aromatic nitrogens is 1. The fourth-order valence-electron chi connectivity index (χ4n) is 2.84. The number of rotatable bonds is 2. The topological polar surface area (TPSA) is 54.0 Å². The molecule has 1 aliphatic heterocycles. The van der Waals surface area contributed by atoms with Crippen molar-refractivity contribution >= 4 is 22.4 Å². The van der Waals surface area contributed by atoms with Gasteiger partial charge in [0.15, 0.2) is 0 Å². The molecule has 1 fully saturated rings. The average molecular weight is 269 g/mol. The van der Waals surface area contributed by atoms with Crippen LogP contribution in [-0.2, 0) is 4.79 Å². The third-order valence-electron chi connectivity index (χ3n) is 3.99. The van der Waals surface area contributed by atoms with Crippen LogP contribution in [0.1, 0.15) is 19.8 Å². The maximum Gasteiger partial charge on any atom is 0.241 e. The Labute approximate surface area is 118 Å². The van der Waals surface area contributed by atoms with Gasteiger partial charge in [-0.1, -0.05) is 19.1 Å². The molecule has 2 heterocycles. The maximum absolute atomic E-state index is 12.4. The van der Waals surface area contributed by atoms with Crippen molar-refractivity contribution in [3.8, 4) is 0 Å². The summed E-state index contributed by atoms with van der Waals surface area (Å²) in [4.78, 5) is 16.5. The quantitative estimate of drug-likeness (QED) is 0.881. The molecule has 4 nitrogen and oxygen atoms in total. The van der Waals surface area contributed by atoms with Crippen molar-refractivity contribution in [2.75, 3.05) is 11.9 Å². The molecular formula is C16H19N3O. The number of hydrogen-bond donors (Lipinski definition) is 2. The number of hydrogen-bond acceptors (Lipinski definition) is 3. The van der Waals surface area contributed by atoms with Crippen LogP contribution < -0.4 is 10.6 Å². The summed E-state index contributed by atoms with van der Waals surface area (Å²) in [5.41, 5.74) is 0.856. The Morgan fingerprint density at radius 1 is 1.40 bits per heavy atom. The van der Waals surface area contributed by atoms with Crippen LogP contribution in [-0.4, -0.2) is 23.5 Å². The van der Waals surface area contributed by atoms with Gasteiger partial charge in [-0.25, -0.2) is 0 Å². The van der Waals surface area contributed by atoms with Crippen LogP contribution in [0.25, 0.3) is 10.8 Å². The minimum absolute atomic E-state index is 0.0570. The zero-order valence-corrected chi connectivity index (χ0v) is 11.6. The number of nitrogens with zero attached hydrogens (tertiary/aromatic N) is 1. The largest absolute Gasteiger partial charge is 0.324 e. The van der Waals surface area contributed by atoms with Gasteiger partial charge < -0.3 is 10.6 Å². The second-order valence-corrected chi connectivity index (χ2v) is 5.44. The number of anilines is 1. The van der Waals surface area contributed by atoms with Gasteiger partial charge in [-0.05, 0) is 37.4 Å². The highest BCUT2D eigenvalue weighted by Gasteiger charge is 2.27. The lowest BCUT2D eigenvalue weighted by Gasteiger charge is -2.29. The Morgan fingerprint density at radius 3 is 3.15 bits per heavy atom. The number of nitrogens with one attached hydrogen (secondary N) is 2. The molecule has 0 bridgehead atoms. The van der Waals surface area contributed by atoms with Gasteiger partial charge in [-0.3, -0.25) is 9.78 Å². The normalized spacial score (nSPS) is 22.6. The van der Waals surface area contributed by atoms with E-state index in [9.17, 15) is 4.79 Å². The molecule has 2 N–H and O–H groups in total. The van der Waals surface area contributed by atoms with Gasteiger partial charge in [0.1, 0.15) is 0 Å². The molecular weight excluding hydrogens is 250 g/mol. The second kappa shape index (κ2) is 5.59. The molecule has 0 spiro atoms. The van der Waals surface area contributed by atoms with Crippen LogP contribution in [0, 0.1) is 5.92 Å². The molecule has 4 heteroatoms. The molecule has 3 rings (SSSR count). The van der Waals surface area contributed by atoms with Crippen molar-refractivity contribution in [1.29, 1.82) is 0 Å². The van der Waals surface area contributed by atoms with Crippen LogP contribution in [0.15, 0.2) is 36.7 Å². The van der Waals surface area contributed by atoms with Gasteiger partial charge in [0.05, 0.1) is 6.04 Å². The summed E-state index contributed by atoms with van der Waals surface area (Å²) in [7, 11) is 0. The van der Waals surface area contributed by atoms with Gasteiger partial charge in [0, 0.05) is 28.9 Å². The Morgan fingerprint density at radius 2 is 2.30 bits per heavy atom. The number of carbonyl (C=O) groups is 1. The van der Waals surface area contributed by atoms with E-state index in [1.165, 1.54) is 0 Å². The van der Waals surface area contributed by atoms with Gasteiger partial charge >= 0.3 is 0 Å². The summed E-state index contributed by atoms with van der Waals surface area (Å²) in [6.45, 7) is 3.05. The first-order valence-corrected chi connectivity index (χ1v) is 7.13. The Bertz CT molecular complexity index is 621. The van der Waals surface area contributed by atoms with Crippen molar-refractivity contribution in [3.05, 3.63) is 36.7 Å². The first kappa shape index (κ1) is 13.1. The smallest absolute Gasteiger partial charge is 0.241 e. The molecule has 1 aromatic carbocycles. The molecule has 1 amide bonds. The predicted molar refractivity (Wildman–Crippen MR) is 80.6 cm³/mol. The van der Waals surface area contributed by atoms with Crippen molar-refractivity contribution in [2.24, 2.45) is 5.92 Å². The van der Waals surface area contributed by atoms with Gasteiger partial charge in [-0.15, -0.1) is 0 Å². The zero-order chi connectivity index (χ0) is 13.9. The summed E-state index contributed by atoms with van der Waals surface area (Å²) in [5, 5.41) is 8.43. The van der Waals surface area contributed by atoms with Crippen molar-refractivity contribution in [3.63, 3.8) is 0 Å². The molecule has 0 aliphatic carbocycles. The van der Waals surface area contributed by atoms with Gasteiger partial charge in [0.2, 0.25) is 5.91 Å². The minimum Gasteiger partial charge on any atom is -0.324 e. The third-order valence-corrected chi connectivity index (χ3v) is 3.99. The van der Waals surface area contributed by atoms with E-state index in [2.05, 4.69) is 22.5 Å². The average Bonchev–Trinajstić information content (AvgIpc) is 2.48. The number of carbonyl (C=O) groups excluding carboxylic acids is 1. The predicted octanol–water partition coefficient (Wildman–Crippen LogP) is 2.56. The van der Waals surface area contributed by atoms with E-state index in [-0.39, 0.29) is 11.9 Å². The number of benzene rings is 1. The lowest BCUT2D eigenvalue weighted by molar-refractivity contribution is -0.119. The van der Waals surface area contributed by atoms with Crippen LogP contribution in [0.3, 0.4) is 0 Å². The van der Waals surface area contributed by atoms with E-state index in [4.69, 9.17) is 0 Å². The monoisotopic (exact) mass is 269 g/mol. The van der Waals surface area contributed by atoms with Crippen LogP contribution >= 0.6 is 0 Å². The minimum atomic E-state index is -0.0964. The highest BCUT2D eigenvalue weighted by atomic mass is 16.2. The zero-order valence-electron chi connectivity index (χ0n) is 11.6. The first-order valence-electron chi connectivity index (χ1n) is 7.13. The Kier molecular flexibility index (Phi) is 3.65. The first-order chi connectivity index (χ1) is 9.75. The highest BCUT2D eigenvalue weighted by molar-refractivity contribution is 6.03. The molecule has 1 aromatic heterocycles. The number of amides is 1. The fraction of sp³-hybridized carbons (Fsp3) is 0.375. The van der Waals surface area contributed by atoms with Crippen LogP contribution in [0.2, 0.25) is 0 Å². The lowest BCUT2D eigenvalue weighted by atomic mass is 9.92. The van der Waals surface area contributed by atoms with E-state index >= 15 is 0 Å². The SMILES string of the molecule is CC1CCCNC1C(=O)Nc1cccc2cnccc12. The molecule has 0 radical (unpaired) electrons. The second-order valence-electron chi connectivity index (χ2n) is 5.44. The lowest BCUT2D eigenvalue weighted by Crippen LogP contribution is -2.48. The summed E-state index contributed by atoms with van der Waals surface area (Å²) in [6, 6.07) is 7.72. The fourth-order valence-corrected chi connectivity index (χ4v) is 2.84. The molecule has 2 unspecified atom stereocenters. The Hall–Kier alpha value is -1.94. The third kappa shape index (κ3) is 2.51. The molecule has 1 aliphatic rings. The Balaban J connectivity index is 1.84.